The van der Waals surface area contributed by atoms with Crippen LogP contribution in [0.4, 0.5) is 4.79 Å². The van der Waals surface area contributed by atoms with E-state index in [1.54, 1.807) is 11.9 Å². The molecule has 0 atom stereocenters. The summed E-state index contributed by atoms with van der Waals surface area (Å²) in [4.78, 5) is 26.1. The van der Waals surface area contributed by atoms with Gasteiger partial charge in [-0.3, -0.25) is 9.69 Å². The minimum atomic E-state index is -0.110. The maximum atomic E-state index is 11.6. The molecule has 2 aliphatic rings. The zero-order valence-corrected chi connectivity index (χ0v) is 7.82. The first-order valence-electron chi connectivity index (χ1n) is 4.77. The number of hydrogen-bond donors (Lipinski definition) is 0. The molecule has 3 amide bonds. The summed E-state index contributed by atoms with van der Waals surface area (Å²) < 4.78 is 0. The molecule has 1 saturated heterocycles. The van der Waals surface area contributed by atoms with Crippen molar-refractivity contribution in [1.82, 2.24) is 9.80 Å². The van der Waals surface area contributed by atoms with E-state index in [1.807, 2.05) is 0 Å². The summed E-state index contributed by atoms with van der Waals surface area (Å²) in [6.45, 7) is 0.570. The van der Waals surface area contributed by atoms with E-state index in [-0.39, 0.29) is 18.0 Å². The van der Waals surface area contributed by atoms with Gasteiger partial charge < -0.3 is 4.90 Å². The predicted molar refractivity (Wildman–Crippen MR) is 47.1 cm³/mol. The molecule has 2 rings (SSSR count). The Morgan fingerprint density at radius 3 is 2.54 bits per heavy atom. The number of urea groups is 1. The van der Waals surface area contributed by atoms with E-state index >= 15 is 0 Å². The molecule has 0 N–H and O–H groups in total. The molecule has 4 heteroatoms. The van der Waals surface area contributed by atoms with Crippen LogP contribution in [-0.4, -0.2) is 41.4 Å². The van der Waals surface area contributed by atoms with E-state index < -0.39 is 0 Å². The zero-order chi connectivity index (χ0) is 9.42. The van der Waals surface area contributed by atoms with Crippen molar-refractivity contribution < 1.29 is 9.59 Å². The quantitative estimate of drug-likeness (QED) is 0.602. The molecule has 72 valence electrons. The molecular formula is C9H14N2O2. The summed E-state index contributed by atoms with van der Waals surface area (Å²) in [5.41, 5.74) is 0. The maximum Gasteiger partial charge on any atom is 0.326 e. The van der Waals surface area contributed by atoms with E-state index in [0.29, 0.717) is 13.0 Å². The molecule has 0 aromatic heterocycles. The van der Waals surface area contributed by atoms with Gasteiger partial charge in [0.15, 0.2) is 0 Å². The molecule has 0 radical (unpaired) electrons. The van der Waals surface area contributed by atoms with E-state index in [0.717, 1.165) is 19.3 Å². The first-order chi connectivity index (χ1) is 6.20. The lowest BCUT2D eigenvalue weighted by atomic mass is 9.91. The van der Waals surface area contributed by atoms with Crippen molar-refractivity contribution in [3.05, 3.63) is 0 Å². The van der Waals surface area contributed by atoms with Crippen LogP contribution in [0.1, 0.15) is 25.7 Å². The van der Waals surface area contributed by atoms with Crippen LogP contribution in [0.5, 0.6) is 0 Å². The van der Waals surface area contributed by atoms with Gasteiger partial charge in [-0.2, -0.15) is 0 Å². The molecule has 0 unspecified atom stereocenters. The van der Waals surface area contributed by atoms with Gasteiger partial charge in [0.25, 0.3) is 0 Å². The lowest BCUT2D eigenvalue weighted by Crippen LogP contribution is -2.56. The number of amides is 3. The van der Waals surface area contributed by atoms with Crippen molar-refractivity contribution in [1.29, 1.82) is 0 Å². The molecule has 13 heavy (non-hydrogen) atoms. The minimum Gasteiger partial charge on any atom is -0.327 e. The van der Waals surface area contributed by atoms with Crippen LogP contribution in [0.2, 0.25) is 0 Å². The predicted octanol–water partition coefficient (Wildman–Crippen LogP) is 0.823. The Bertz CT molecular complexity index is 248. The van der Waals surface area contributed by atoms with Gasteiger partial charge in [-0.25, -0.2) is 4.79 Å². The molecule has 1 aliphatic heterocycles. The van der Waals surface area contributed by atoms with Crippen molar-refractivity contribution in [3.8, 4) is 0 Å². The number of carbonyl (C=O) groups excluding carboxylic acids is 2. The second-order valence-electron chi connectivity index (χ2n) is 3.80. The van der Waals surface area contributed by atoms with Gasteiger partial charge in [0, 0.05) is 26.1 Å². The summed E-state index contributed by atoms with van der Waals surface area (Å²) in [5.74, 6) is 0.00722. The van der Waals surface area contributed by atoms with Crippen LogP contribution in [0, 0.1) is 0 Å². The van der Waals surface area contributed by atoms with Crippen molar-refractivity contribution in [2.45, 2.75) is 31.7 Å². The number of rotatable bonds is 1. The third-order valence-corrected chi connectivity index (χ3v) is 2.90. The first-order valence-corrected chi connectivity index (χ1v) is 4.77. The summed E-state index contributed by atoms with van der Waals surface area (Å²) >= 11 is 0. The smallest absolute Gasteiger partial charge is 0.326 e. The van der Waals surface area contributed by atoms with Gasteiger partial charge in [0.05, 0.1) is 0 Å². The van der Waals surface area contributed by atoms with Crippen molar-refractivity contribution in [3.63, 3.8) is 0 Å². The average molecular weight is 182 g/mol. The van der Waals surface area contributed by atoms with Gasteiger partial charge >= 0.3 is 6.03 Å². The Morgan fingerprint density at radius 2 is 2.00 bits per heavy atom. The first kappa shape index (κ1) is 8.53. The number of hydrogen-bond acceptors (Lipinski definition) is 2. The Morgan fingerprint density at radius 1 is 1.31 bits per heavy atom. The topological polar surface area (TPSA) is 40.6 Å². The normalized spacial score (nSPS) is 25.0. The summed E-state index contributed by atoms with van der Waals surface area (Å²) in [6.07, 6.45) is 3.61. The van der Waals surface area contributed by atoms with Crippen LogP contribution in [0.15, 0.2) is 0 Å². The zero-order valence-electron chi connectivity index (χ0n) is 7.82. The highest BCUT2D eigenvalue weighted by molar-refractivity contribution is 5.97. The number of imide groups is 1. The van der Waals surface area contributed by atoms with E-state index in [9.17, 15) is 9.59 Å². The molecule has 1 heterocycles. The Hall–Kier alpha value is -1.06. The van der Waals surface area contributed by atoms with Gasteiger partial charge in [0.2, 0.25) is 5.91 Å². The molecule has 4 nitrogen and oxygen atoms in total. The largest absolute Gasteiger partial charge is 0.327 e. The fraction of sp³-hybridized carbons (Fsp3) is 0.778. The average Bonchev–Trinajstić information content (AvgIpc) is 2.02. The standard InChI is InChI=1S/C9H14N2O2/c1-10-6-5-8(12)11(9(10)13)7-3-2-4-7/h7H,2-6H2,1H3. The second-order valence-corrected chi connectivity index (χ2v) is 3.80. The summed E-state index contributed by atoms with van der Waals surface area (Å²) in [5, 5.41) is 0. The van der Waals surface area contributed by atoms with Gasteiger partial charge in [-0.1, -0.05) is 0 Å². The number of carbonyl (C=O) groups is 2. The molecular weight excluding hydrogens is 168 g/mol. The van der Waals surface area contributed by atoms with Crippen molar-refractivity contribution in [2.75, 3.05) is 13.6 Å². The van der Waals surface area contributed by atoms with E-state index in [1.165, 1.54) is 4.90 Å². The lowest BCUT2D eigenvalue weighted by molar-refractivity contribution is -0.134. The SMILES string of the molecule is CN1CCC(=O)N(C2CCC2)C1=O. The van der Waals surface area contributed by atoms with Crippen LogP contribution in [0.3, 0.4) is 0 Å². The Balaban J connectivity index is 2.11. The highest BCUT2D eigenvalue weighted by Crippen LogP contribution is 2.27. The van der Waals surface area contributed by atoms with Crippen LogP contribution < -0.4 is 0 Å². The van der Waals surface area contributed by atoms with Gasteiger partial charge in [-0.05, 0) is 19.3 Å². The summed E-state index contributed by atoms with van der Waals surface area (Å²) in [7, 11) is 1.75. The molecule has 1 aliphatic carbocycles. The van der Waals surface area contributed by atoms with Gasteiger partial charge in [-0.15, -0.1) is 0 Å². The molecule has 0 spiro atoms. The third-order valence-electron chi connectivity index (χ3n) is 2.90. The Kier molecular flexibility index (Phi) is 1.98. The van der Waals surface area contributed by atoms with Crippen LogP contribution in [0.25, 0.3) is 0 Å². The second kappa shape index (κ2) is 3.01. The van der Waals surface area contributed by atoms with Crippen molar-refractivity contribution in [2.24, 2.45) is 0 Å². The van der Waals surface area contributed by atoms with E-state index in [2.05, 4.69) is 0 Å². The fourth-order valence-electron chi connectivity index (χ4n) is 1.77. The minimum absolute atomic E-state index is 0.00722. The van der Waals surface area contributed by atoms with E-state index in [4.69, 9.17) is 0 Å². The monoisotopic (exact) mass is 182 g/mol. The molecule has 0 bridgehead atoms. The van der Waals surface area contributed by atoms with Crippen molar-refractivity contribution >= 4 is 11.9 Å². The highest BCUT2D eigenvalue weighted by Gasteiger charge is 2.37. The highest BCUT2D eigenvalue weighted by atomic mass is 16.2. The molecule has 0 aromatic carbocycles. The third kappa shape index (κ3) is 1.30. The van der Waals surface area contributed by atoms with Crippen LogP contribution >= 0.6 is 0 Å². The summed E-state index contributed by atoms with van der Waals surface area (Å²) in [6, 6.07) is 0.0868. The maximum absolute atomic E-state index is 11.6. The molecule has 1 saturated carbocycles. The Labute approximate surface area is 77.5 Å². The molecule has 0 aromatic rings. The lowest BCUT2D eigenvalue weighted by Gasteiger charge is -2.40. The number of nitrogens with zero attached hydrogens (tertiary/aromatic N) is 2. The fourth-order valence-corrected chi connectivity index (χ4v) is 1.77. The molecule has 2 fully saturated rings. The van der Waals surface area contributed by atoms with Gasteiger partial charge in [0.1, 0.15) is 0 Å². The van der Waals surface area contributed by atoms with Crippen LogP contribution in [-0.2, 0) is 4.79 Å².